The maximum atomic E-state index is 12.4. The van der Waals surface area contributed by atoms with Crippen molar-refractivity contribution in [3.8, 4) is 11.5 Å². The lowest BCUT2D eigenvalue weighted by atomic mass is 10.2. The Morgan fingerprint density at radius 1 is 1.12 bits per heavy atom. The molecular weight excluding hydrogens is 332 g/mol. The Labute approximate surface area is 151 Å². The number of benzene rings is 1. The zero-order valence-electron chi connectivity index (χ0n) is 14.7. The van der Waals surface area contributed by atoms with E-state index in [4.69, 9.17) is 9.47 Å². The van der Waals surface area contributed by atoms with E-state index in [1.807, 2.05) is 26.0 Å². The molecule has 1 amide bonds. The number of aryl methyl sites for hydroxylation is 1. The molecule has 2 heterocycles. The molecule has 0 bridgehead atoms. The second-order valence-electron chi connectivity index (χ2n) is 5.63. The third-order valence-corrected chi connectivity index (χ3v) is 3.60. The summed E-state index contributed by atoms with van der Waals surface area (Å²) in [4.78, 5) is 16.4. The minimum Gasteiger partial charge on any atom is -0.490 e. The minimum atomic E-state index is -0.266. The van der Waals surface area contributed by atoms with Gasteiger partial charge in [0.05, 0.1) is 6.61 Å². The number of nitrogens with zero attached hydrogens (tertiary/aromatic N) is 2. The molecule has 0 spiro atoms. The second kappa shape index (κ2) is 8.15. The SMILES string of the molecule is CCOc1cc(C(=O)Nc2cc(C)[nH]n2)ccc1OCc1ccncc1. The van der Waals surface area contributed by atoms with Gasteiger partial charge in [-0.15, -0.1) is 0 Å². The highest BCUT2D eigenvalue weighted by Gasteiger charge is 2.13. The van der Waals surface area contributed by atoms with Crippen LogP contribution in [0.15, 0.2) is 48.8 Å². The van der Waals surface area contributed by atoms with Crippen LogP contribution in [-0.2, 0) is 6.61 Å². The van der Waals surface area contributed by atoms with Crippen LogP contribution in [0.5, 0.6) is 11.5 Å². The number of nitrogens with one attached hydrogen (secondary N) is 2. The van der Waals surface area contributed by atoms with Crippen LogP contribution >= 0.6 is 0 Å². The fraction of sp³-hybridized carbons (Fsp3) is 0.211. The average molecular weight is 352 g/mol. The van der Waals surface area contributed by atoms with E-state index in [0.29, 0.717) is 36.1 Å². The summed E-state index contributed by atoms with van der Waals surface area (Å²) in [5, 5.41) is 9.53. The molecule has 0 unspecified atom stereocenters. The number of carbonyl (C=O) groups is 1. The molecule has 2 aromatic heterocycles. The van der Waals surface area contributed by atoms with Crippen molar-refractivity contribution < 1.29 is 14.3 Å². The molecule has 0 radical (unpaired) electrons. The molecule has 7 heteroatoms. The lowest BCUT2D eigenvalue weighted by Gasteiger charge is -2.13. The smallest absolute Gasteiger partial charge is 0.257 e. The Balaban J connectivity index is 1.74. The van der Waals surface area contributed by atoms with Crippen molar-refractivity contribution in [3.63, 3.8) is 0 Å². The normalized spacial score (nSPS) is 10.4. The molecule has 3 aromatic rings. The largest absolute Gasteiger partial charge is 0.490 e. The van der Waals surface area contributed by atoms with E-state index in [1.165, 1.54) is 0 Å². The predicted octanol–water partition coefficient (Wildman–Crippen LogP) is 3.34. The fourth-order valence-corrected chi connectivity index (χ4v) is 2.35. The number of amides is 1. The summed E-state index contributed by atoms with van der Waals surface area (Å²) in [5.74, 6) is 1.31. The van der Waals surface area contributed by atoms with E-state index in [9.17, 15) is 4.79 Å². The molecule has 134 valence electrons. The van der Waals surface area contributed by atoms with Crippen LogP contribution in [0, 0.1) is 6.92 Å². The van der Waals surface area contributed by atoms with E-state index in [-0.39, 0.29) is 5.91 Å². The molecule has 0 fully saturated rings. The van der Waals surface area contributed by atoms with Crippen molar-refractivity contribution in [2.75, 3.05) is 11.9 Å². The number of carbonyl (C=O) groups excluding carboxylic acids is 1. The summed E-state index contributed by atoms with van der Waals surface area (Å²) in [7, 11) is 0. The van der Waals surface area contributed by atoms with E-state index < -0.39 is 0 Å². The Morgan fingerprint density at radius 3 is 2.62 bits per heavy atom. The summed E-state index contributed by atoms with van der Waals surface area (Å²) in [6.07, 6.45) is 3.43. The van der Waals surface area contributed by atoms with Gasteiger partial charge in [-0.3, -0.25) is 14.9 Å². The molecule has 1 aromatic carbocycles. The van der Waals surface area contributed by atoms with Crippen LogP contribution in [0.1, 0.15) is 28.5 Å². The third-order valence-electron chi connectivity index (χ3n) is 3.60. The summed E-state index contributed by atoms with van der Waals surface area (Å²) in [6, 6.07) is 10.6. The predicted molar refractivity (Wildman–Crippen MR) is 97.5 cm³/mol. The minimum absolute atomic E-state index is 0.266. The standard InChI is InChI=1S/C19H20N4O3/c1-3-25-17-11-15(19(24)21-18-10-13(2)22-23-18)4-5-16(17)26-12-14-6-8-20-9-7-14/h4-11H,3,12H2,1-2H3,(H2,21,22,23,24). The van der Waals surface area contributed by atoms with Crippen LogP contribution in [0.4, 0.5) is 5.82 Å². The van der Waals surface area contributed by atoms with E-state index in [0.717, 1.165) is 11.3 Å². The second-order valence-corrected chi connectivity index (χ2v) is 5.63. The topological polar surface area (TPSA) is 89.1 Å². The zero-order chi connectivity index (χ0) is 18.4. The Bertz CT molecular complexity index is 878. The van der Waals surface area contributed by atoms with Crippen molar-refractivity contribution in [3.05, 3.63) is 65.6 Å². The van der Waals surface area contributed by atoms with Crippen LogP contribution in [0.2, 0.25) is 0 Å². The number of pyridine rings is 1. The highest BCUT2D eigenvalue weighted by atomic mass is 16.5. The van der Waals surface area contributed by atoms with Gasteiger partial charge in [0.2, 0.25) is 0 Å². The van der Waals surface area contributed by atoms with Gasteiger partial charge in [-0.25, -0.2) is 0 Å². The number of ether oxygens (including phenoxy) is 2. The maximum absolute atomic E-state index is 12.4. The van der Waals surface area contributed by atoms with Crippen LogP contribution in [-0.4, -0.2) is 27.7 Å². The van der Waals surface area contributed by atoms with Crippen LogP contribution < -0.4 is 14.8 Å². The molecule has 0 saturated carbocycles. The lowest BCUT2D eigenvalue weighted by molar-refractivity contribution is 0.102. The van der Waals surface area contributed by atoms with Crippen LogP contribution in [0.3, 0.4) is 0 Å². The van der Waals surface area contributed by atoms with E-state index in [2.05, 4.69) is 20.5 Å². The first kappa shape index (κ1) is 17.5. The lowest BCUT2D eigenvalue weighted by Crippen LogP contribution is -2.12. The quantitative estimate of drug-likeness (QED) is 0.681. The summed E-state index contributed by atoms with van der Waals surface area (Å²) >= 11 is 0. The molecular formula is C19H20N4O3. The number of rotatable bonds is 7. The fourth-order valence-electron chi connectivity index (χ4n) is 2.35. The summed E-state index contributed by atoms with van der Waals surface area (Å²) in [5.41, 5.74) is 2.33. The van der Waals surface area contributed by atoms with Crippen molar-refractivity contribution in [1.29, 1.82) is 0 Å². The first-order valence-electron chi connectivity index (χ1n) is 8.27. The van der Waals surface area contributed by atoms with Crippen molar-refractivity contribution in [2.24, 2.45) is 0 Å². The molecule has 7 nitrogen and oxygen atoms in total. The third kappa shape index (κ3) is 4.38. The number of aromatic amines is 1. The zero-order valence-corrected chi connectivity index (χ0v) is 14.7. The van der Waals surface area contributed by atoms with Crippen molar-refractivity contribution in [1.82, 2.24) is 15.2 Å². The Hall–Kier alpha value is -3.35. The van der Waals surface area contributed by atoms with Crippen molar-refractivity contribution in [2.45, 2.75) is 20.5 Å². The van der Waals surface area contributed by atoms with Gasteiger partial charge in [-0.1, -0.05) is 0 Å². The van der Waals surface area contributed by atoms with Gasteiger partial charge < -0.3 is 14.8 Å². The Kier molecular flexibility index (Phi) is 5.48. The van der Waals surface area contributed by atoms with E-state index in [1.54, 1.807) is 36.7 Å². The first-order chi connectivity index (χ1) is 12.7. The molecule has 0 saturated heterocycles. The Morgan fingerprint density at radius 2 is 1.92 bits per heavy atom. The molecule has 0 atom stereocenters. The number of anilines is 1. The van der Waals surface area contributed by atoms with Gasteiger partial charge >= 0.3 is 0 Å². The molecule has 0 aliphatic carbocycles. The van der Waals surface area contributed by atoms with Gasteiger partial charge in [-0.2, -0.15) is 5.10 Å². The summed E-state index contributed by atoms with van der Waals surface area (Å²) < 4.78 is 11.5. The van der Waals surface area contributed by atoms with Gasteiger partial charge in [0.25, 0.3) is 5.91 Å². The maximum Gasteiger partial charge on any atom is 0.257 e. The highest BCUT2D eigenvalue weighted by molar-refractivity contribution is 6.04. The highest BCUT2D eigenvalue weighted by Crippen LogP contribution is 2.29. The number of hydrogen-bond acceptors (Lipinski definition) is 5. The molecule has 0 aliphatic rings. The summed E-state index contributed by atoms with van der Waals surface area (Å²) in [6.45, 7) is 4.60. The molecule has 0 aliphatic heterocycles. The van der Waals surface area contributed by atoms with Crippen LogP contribution in [0.25, 0.3) is 0 Å². The number of H-pyrrole nitrogens is 1. The van der Waals surface area contributed by atoms with Gasteiger partial charge in [0, 0.05) is 29.7 Å². The first-order valence-corrected chi connectivity index (χ1v) is 8.27. The van der Waals surface area contributed by atoms with Crippen molar-refractivity contribution >= 4 is 11.7 Å². The molecule has 2 N–H and O–H groups in total. The van der Waals surface area contributed by atoms with E-state index >= 15 is 0 Å². The van der Waals surface area contributed by atoms with Gasteiger partial charge in [0.1, 0.15) is 6.61 Å². The monoisotopic (exact) mass is 352 g/mol. The number of hydrogen-bond donors (Lipinski definition) is 2. The van der Waals surface area contributed by atoms with Gasteiger partial charge in [-0.05, 0) is 49.7 Å². The molecule has 3 rings (SSSR count). The average Bonchev–Trinajstić information content (AvgIpc) is 3.06. The van der Waals surface area contributed by atoms with Gasteiger partial charge in [0.15, 0.2) is 17.3 Å². The number of aromatic nitrogens is 3. The molecule has 26 heavy (non-hydrogen) atoms.